The number of likely N-dealkylation sites (tertiary alicyclic amines) is 1. The lowest BCUT2D eigenvalue weighted by Crippen LogP contribution is -2.38. The molecule has 4 rings (SSSR count). The summed E-state index contributed by atoms with van der Waals surface area (Å²) in [6, 6.07) is 2.19. The van der Waals surface area contributed by atoms with Gasteiger partial charge in [-0.1, -0.05) is 20.8 Å². The Labute approximate surface area is 172 Å². The number of thiophene rings is 1. The molecule has 0 spiro atoms. The van der Waals surface area contributed by atoms with E-state index < -0.39 is 0 Å². The van der Waals surface area contributed by atoms with E-state index in [1.165, 1.54) is 16.9 Å². The maximum absolute atomic E-state index is 13.1. The van der Waals surface area contributed by atoms with Crippen LogP contribution in [-0.4, -0.2) is 38.7 Å². The fourth-order valence-electron chi connectivity index (χ4n) is 4.69. The number of nitrogens with zero attached hydrogens (tertiary/aromatic N) is 4. The Morgan fingerprint density at radius 1 is 1.25 bits per heavy atom. The van der Waals surface area contributed by atoms with Crippen molar-refractivity contribution in [3.05, 3.63) is 33.5 Å². The summed E-state index contributed by atoms with van der Waals surface area (Å²) in [6.45, 7) is 11.7. The number of aromatic nitrogens is 3. The van der Waals surface area contributed by atoms with E-state index in [1.54, 1.807) is 11.3 Å². The fraction of sp³-hybridized carbons (Fsp3) is 0.682. The van der Waals surface area contributed by atoms with Gasteiger partial charge in [0.15, 0.2) is 0 Å². The first-order valence-corrected chi connectivity index (χ1v) is 11.5. The average molecular weight is 401 g/mol. The molecule has 1 saturated heterocycles. The second-order valence-corrected chi connectivity index (χ2v) is 10.5. The maximum atomic E-state index is 13.1. The van der Waals surface area contributed by atoms with Crippen LogP contribution in [0.3, 0.4) is 0 Å². The van der Waals surface area contributed by atoms with Gasteiger partial charge >= 0.3 is 0 Å². The molecule has 5 nitrogen and oxygen atoms in total. The van der Waals surface area contributed by atoms with Crippen LogP contribution in [0.4, 0.5) is 0 Å². The number of rotatable bonds is 3. The third kappa shape index (κ3) is 3.76. The van der Waals surface area contributed by atoms with E-state index in [4.69, 9.17) is 0 Å². The molecular formula is C22H32N4OS. The van der Waals surface area contributed by atoms with Crippen LogP contribution >= 0.6 is 11.3 Å². The standard InChI is InChI=1S/C22H32N4OS/c1-5-25-14-23-24-20(25)15-8-10-26(11-9-15)21(27)19-13-16-12-17(22(2,3)4)6-7-18(16)28-19/h13-15,17H,5-12H2,1-4H3/t17-/m0/s1. The Balaban J connectivity index is 1.41. The van der Waals surface area contributed by atoms with Crippen LogP contribution in [-0.2, 0) is 19.4 Å². The van der Waals surface area contributed by atoms with E-state index in [0.29, 0.717) is 17.3 Å². The molecule has 2 aromatic heterocycles. The Bertz CT molecular complexity index is 839. The molecule has 3 heterocycles. The van der Waals surface area contributed by atoms with Crippen LogP contribution in [0, 0.1) is 11.3 Å². The van der Waals surface area contributed by atoms with Crippen molar-refractivity contribution >= 4 is 17.2 Å². The van der Waals surface area contributed by atoms with Crippen LogP contribution < -0.4 is 0 Å². The molecule has 0 saturated carbocycles. The summed E-state index contributed by atoms with van der Waals surface area (Å²) >= 11 is 1.74. The predicted molar refractivity (Wildman–Crippen MR) is 113 cm³/mol. The zero-order chi connectivity index (χ0) is 19.9. The van der Waals surface area contributed by atoms with Gasteiger partial charge in [-0.3, -0.25) is 4.79 Å². The van der Waals surface area contributed by atoms with Gasteiger partial charge in [0.2, 0.25) is 0 Å². The zero-order valence-electron chi connectivity index (χ0n) is 17.6. The molecule has 28 heavy (non-hydrogen) atoms. The Morgan fingerprint density at radius 3 is 2.68 bits per heavy atom. The third-order valence-electron chi connectivity index (χ3n) is 6.65. The van der Waals surface area contributed by atoms with Crippen molar-refractivity contribution in [2.24, 2.45) is 11.3 Å². The van der Waals surface area contributed by atoms with Gasteiger partial charge in [0.25, 0.3) is 5.91 Å². The molecule has 2 aliphatic rings. The van der Waals surface area contributed by atoms with Crippen LogP contribution in [0.5, 0.6) is 0 Å². The van der Waals surface area contributed by atoms with E-state index in [-0.39, 0.29) is 5.91 Å². The summed E-state index contributed by atoms with van der Waals surface area (Å²) in [6.07, 6.45) is 7.26. The van der Waals surface area contributed by atoms with E-state index in [9.17, 15) is 4.79 Å². The molecule has 1 fully saturated rings. The van der Waals surface area contributed by atoms with Crippen molar-refractivity contribution in [3.8, 4) is 0 Å². The van der Waals surface area contributed by atoms with E-state index >= 15 is 0 Å². The molecule has 0 N–H and O–H groups in total. The SMILES string of the molecule is CCn1cnnc1C1CCN(C(=O)c2cc3c(s2)CC[C@H](C(C)(C)C)C3)CC1. The topological polar surface area (TPSA) is 51.0 Å². The van der Waals surface area contributed by atoms with Crippen LogP contribution in [0.15, 0.2) is 12.4 Å². The summed E-state index contributed by atoms with van der Waals surface area (Å²) in [4.78, 5) is 17.5. The second kappa shape index (κ2) is 7.62. The summed E-state index contributed by atoms with van der Waals surface area (Å²) in [5.74, 6) is 2.43. The van der Waals surface area contributed by atoms with E-state index in [1.807, 2.05) is 11.2 Å². The first-order valence-electron chi connectivity index (χ1n) is 10.7. The Morgan fingerprint density at radius 2 is 2.00 bits per heavy atom. The largest absolute Gasteiger partial charge is 0.338 e. The van der Waals surface area contributed by atoms with Crippen LogP contribution in [0.25, 0.3) is 0 Å². The summed E-state index contributed by atoms with van der Waals surface area (Å²) in [7, 11) is 0. The number of fused-ring (bicyclic) bond motifs is 1. The molecule has 1 aliphatic carbocycles. The molecule has 0 unspecified atom stereocenters. The van der Waals surface area contributed by atoms with Crippen molar-refractivity contribution in [2.45, 2.75) is 72.3 Å². The molecule has 1 aliphatic heterocycles. The molecule has 0 bridgehead atoms. The second-order valence-electron chi connectivity index (χ2n) is 9.41. The number of hydrogen-bond donors (Lipinski definition) is 0. The van der Waals surface area contributed by atoms with Crippen molar-refractivity contribution in [3.63, 3.8) is 0 Å². The van der Waals surface area contributed by atoms with Gasteiger partial charge in [0.1, 0.15) is 12.2 Å². The van der Waals surface area contributed by atoms with Crippen molar-refractivity contribution in [2.75, 3.05) is 13.1 Å². The summed E-state index contributed by atoms with van der Waals surface area (Å²) in [5.41, 5.74) is 1.76. The highest BCUT2D eigenvalue weighted by Crippen LogP contribution is 2.40. The lowest BCUT2D eigenvalue weighted by atomic mass is 9.72. The molecular weight excluding hydrogens is 368 g/mol. The molecule has 0 aromatic carbocycles. The number of piperidine rings is 1. The lowest BCUT2D eigenvalue weighted by molar-refractivity contribution is 0.0715. The van der Waals surface area contributed by atoms with Gasteiger partial charge in [-0.25, -0.2) is 0 Å². The fourth-order valence-corrected chi connectivity index (χ4v) is 5.86. The van der Waals surface area contributed by atoms with E-state index in [0.717, 1.165) is 56.0 Å². The van der Waals surface area contributed by atoms with Crippen molar-refractivity contribution in [1.29, 1.82) is 0 Å². The Kier molecular flexibility index (Phi) is 5.34. The highest BCUT2D eigenvalue weighted by Gasteiger charge is 2.32. The van der Waals surface area contributed by atoms with Gasteiger partial charge in [-0.2, -0.15) is 0 Å². The lowest BCUT2D eigenvalue weighted by Gasteiger charge is -2.33. The minimum Gasteiger partial charge on any atom is -0.338 e. The van der Waals surface area contributed by atoms with Crippen LogP contribution in [0.1, 0.15) is 78.8 Å². The number of amides is 1. The Hall–Kier alpha value is -1.69. The third-order valence-corrected chi connectivity index (χ3v) is 7.88. The quantitative estimate of drug-likeness (QED) is 0.760. The monoisotopic (exact) mass is 400 g/mol. The predicted octanol–water partition coefficient (Wildman–Crippen LogP) is 4.53. The highest BCUT2D eigenvalue weighted by molar-refractivity contribution is 7.14. The first-order chi connectivity index (χ1) is 13.4. The van der Waals surface area contributed by atoms with Gasteiger partial charge in [0, 0.05) is 30.4 Å². The van der Waals surface area contributed by atoms with Crippen LogP contribution in [0.2, 0.25) is 0 Å². The molecule has 2 aromatic rings. The highest BCUT2D eigenvalue weighted by atomic mass is 32.1. The van der Waals surface area contributed by atoms with Crippen molar-refractivity contribution in [1.82, 2.24) is 19.7 Å². The first kappa shape index (κ1) is 19.6. The summed E-state index contributed by atoms with van der Waals surface area (Å²) < 4.78 is 2.13. The normalized spacial score (nSPS) is 21.0. The van der Waals surface area contributed by atoms with Gasteiger partial charge in [-0.15, -0.1) is 21.5 Å². The summed E-state index contributed by atoms with van der Waals surface area (Å²) in [5, 5.41) is 8.39. The van der Waals surface area contributed by atoms with Gasteiger partial charge in [-0.05, 0) is 62.0 Å². The number of carbonyl (C=O) groups is 1. The average Bonchev–Trinajstić information content (AvgIpc) is 3.32. The molecule has 0 radical (unpaired) electrons. The molecule has 6 heteroatoms. The molecule has 152 valence electrons. The maximum Gasteiger partial charge on any atom is 0.263 e. The molecule has 1 atom stereocenters. The zero-order valence-corrected chi connectivity index (χ0v) is 18.4. The number of hydrogen-bond acceptors (Lipinski definition) is 4. The van der Waals surface area contributed by atoms with Gasteiger partial charge in [0.05, 0.1) is 4.88 Å². The molecule has 1 amide bonds. The van der Waals surface area contributed by atoms with Gasteiger partial charge < -0.3 is 9.47 Å². The van der Waals surface area contributed by atoms with Crippen molar-refractivity contribution < 1.29 is 4.79 Å². The smallest absolute Gasteiger partial charge is 0.263 e. The number of carbonyl (C=O) groups excluding carboxylic acids is 1. The van der Waals surface area contributed by atoms with E-state index in [2.05, 4.69) is 48.5 Å². The number of aryl methyl sites for hydroxylation is 2. The minimum absolute atomic E-state index is 0.224. The minimum atomic E-state index is 0.224.